The lowest BCUT2D eigenvalue weighted by molar-refractivity contribution is -0.115. The zero-order valence-electron chi connectivity index (χ0n) is 17.5. The fraction of sp³-hybridized carbons (Fsp3) is 0.217. The number of nitrogens with zero attached hydrogens (tertiary/aromatic N) is 1. The molecule has 0 aliphatic carbocycles. The molecule has 6 nitrogen and oxygen atoms in total. The Morgan fingerprint density at radius 1 is 0.968 bits per heavy atom. The zero-order chi connectivity index (χ0) is 22.3. The van der Waals surface area contributed by atoms with E-state index >= 15 is 0 Å². The highest BCUT2D eigenvalue weighted by atomic mass is 32.2. The largest absolute Gasteiger partial charge is 0.326 e. The first-order valence-electron chi connectivity index (χ1n) is 9.82. The number of carbonyl (C=O) groups excluding carboxylic acids is 1. The third kappa shape index (κ3) is 6.57. The number of amides is 1. The highest BCUT2D eigenvalue weighted by molar-refractivity contribution is 7.98. The second-order valence-electron chi connectivity index (χ2n) is 7.07. The minimum atomic E-state index is -3.72. The van der Waals surface area contributed by atoms with Gasteiger partial charge in [-0.1, -0.05) is 24.3 Å². The number of hydrogen-bond donors (Lipinski definition) is 2. The molecule has 0 saturated carbocycles. The van der Waals surface area contributed by atoms with Crippen LogP contribution in [0.15, 0.2) is 71.8 Å². The Morgan fingerprint density at radius 2 is 1.68 bits per heavy atom. The molecule has 1 heterocycles. The molecule has 3 rings (SSSR count). The summed E-state index contributed by atoms with van der Waals surface area (Å²) in [6, 6.07) is 17.5. The molecule has 3 aromatic rings. The van der Waals surface area contributed by atoms with Gasteiger partial charge in [0.1, 0.15) is 0 Å². The van der Waals surface area contributed by atoms with Crippen molar-refractivity contribution in [2.75, 3.05) is 15.8 Å². The lowest BCUT2D eigenvalue weighted by atomic mass is 10.1. The van der Waals surface area contributed by atoms with E-state index in [1.54, 1.807) is 30.1 Å². The number of thioether (sulfide) groups is 1. The van der Waals surface area contributed by atoms with E-state index in [2.05, 4.69) is 15.0 Å². The summed E-state index contributed by atoms with van der Waals surface area (Å²) in [5, 5.41) is 2.80. The van der Waals surface area contributed by atoms with Gasteiger partial charge in [-0.25, -0.2) is 8.42 Å². The molecular weight excluding hydrogens is 430 g/mol. The number of nitrogens with one attached hydrogen (secondary N) is 2. The number of benzene rings is 2. The van der Waals surface area contributed by atoms with Crippen LogP contribution in [0.25, 0.3) is 0 Å². The van der Waals surface area contributed by atoms with Crippen LogP contribution in [-0.4, -0.2) is 25.1 Å². The summed E-state index contributed by atoms with van der Waals surface area (Å²) in [4.78, 5) is 16.5. The quantitative estimate of drug-likeness (QED) is 0.454. The van der Waals surface area contributed by atoms with E-state index in [9.17, 15) is 13.2 Å². The number of pyridine rings is 1. The summed E-state index contributed by atoms with van der Waals surface area (Å²) in [6.45, 7) is 3.72. The molecule has 0 spiro atoms. The maximum absolute atomic E-state index is 12.7. The first kappa shape index (κ1) is 22.8. The smallest absolute Gasteiger partial charge is 0.261 e. The van der Waals surface area contributed by atoms with E-state index < -0.39 is 10.0 Å². The van der Waals surface area contributed by atoms with Gasteiger partial charge in [0, 0.05) is 29.8 Å². The maximum atomic E-state index is 12.7. The topological polar surface area (TPSA) is 88.2 Å². The summed E-state index contributed by atoms with van der Waals surface area (Å²) in [5.41, 5.74) is 3.84. The number of aromatic nitrogens is 1. The van der Waals surface area contributed by atoms with Gasteiger partial charge in [0.05, 0.1) is 16.3 Å². The fourth-order valence-corrected chi connectivity index (χ4v) is 4.99. The summed E-state index contributed by atoms with van der Waals surface area (Å²) in [6.07, 6.45) is 2.12. The molecule has 0 aliphatic heterocycles. The van der Waals surface area contributed by atoms with Crippen LogP contribution in [0.3, 0.4) is 0 Å². The molecule has 0 saturated heterocycles. The van der Waals surface area contributed by atoms with E-state index in [1.165, 1.54) is 12.1 Å². The lowest BCUT2D eigenvalue weighted by Gasteiger charge is -2.13. The van der Waals surface area contributed by atoms with Gasteiger partial charge < -0.3 is 5.32 Å². The van der Waals surface area contributed by atoms with Crippen LogP contribution in [0, 0.1) is 13.8 Å². The molecule has 2 N–H and O–H groups in total. The number of sulfonamides is 1. The Labute approximate surface area is 187 Å². The van der Waals surface area contributed by atoms with Crippen molar-refractivity contribution in [3.05, 3.63) is 83.7 Å². The molecule has 0 atom stereocenters. The van der Waals surface area contributed by atoms with Crippen molar-refractivity contribution in [3.63, 3.8) is 0 Å². The predicted octanol–water partition coefficient (Wildman–Crippen LogP) is 4.76. The molecule has 2 aromatic carbocycles. The highest BCUT2D eigenvalue weighted by Crippen LogP contribution is 2.24. The summed E-state index contributed by atoms with van der Waals surface area (Å²) in [7, 11) is -3.72. The number of aryl methyl sites for hydroxylation is 2. The lowest BCUT2D eigenvalue weighted by Crippen LogP contribution is -2.15. The number of carbonyl (C=O) groups is 1. The van der Waals surface area contributed by atoms with Gasteiger partial charge in [0.25, 0.3) is 10.0 Å². The average Bonchev–Trinajstić information content (AvgIpc) is 2.75. The molecular formula is C23H25N3O3S2. The van der Waals surface area contributed by atoms with Gasteiger partial charge in [0.2, 0.25) is 5.91 Å². The second-order valence-corrected chi connectivity index (χ2v) is 9.86. The van der Waals surface area contributed by atoms with Crippen LogP contribution >= 0.6 is 11.8 Å². The van der Waals surface area contributed by atoms with E-state index in [1.807, 2.05) is 50.2 Å². The summed E-state index contributed by atoms with van der Waals surface area (Å²) in [5.74, 6) is 1.32. The van der Waals surface area contributed by atoms with Crippen LogP contribution < -0.4 is 10.0 Å². The zero-order valence-corrected chi connectivity index (χ0v) is 19.1. The Morgan fingerprint density at radius 3 is 2.32 bits per heavy atom. The second kappa shape index (κ2) is 10.5. The van der Waals surface area contributed by atoms with Crippen molar-refractivity contribution < 1.29 is 13.2 Å². The number of para-hydroxylation sites is 1. The van der Waals surface area contributed by atoms with Gasteiger partial charge in [-0.3, -0.25) is 14.5 Å². The Kier molecular flexibility index (Phi) is 7.70. The highest BCUT2D eigenvalue weighted by Gasteiger charge is 2.16. The molecule has 0 radical (unpaired) electrons. The molecule has 1 amide bonds. The van der Waals surface area contributed by atoms with Crippen LogP contribution in [0.5, 0.6) is 0 Å². The first-order valence-corrected chi connectivity index (χ1v) is 12.5. The van der Waals surface area contributed by atoms with E-state index in [0.717, 1.165) is 22.6 Å². The van der Waals surface area contributed by atoms with Crippen molar-refractivity contribution in [2.24, 2.45) is 0 Å². The van der Waals surface area contributed by atoms with Crippen LogP contribution in [0.1, 0.15) is 23.2 Å². The van der Waals surface area contributed by atoms with Crippen molar-refractivity contribution >= 4 is 39.1 Å². The SMILES string of the molecule is Cc1cccc(C)c1NS(=O)(=O)c1ccc(NC(=O)CCSCc2ccccn2)cc1. The third-order valence-corrected chi connectivity index (χ3v) is 6.97. The van der Waals surface area contributed by atoms with Gasteiger partial charge in [-0.15, -0.1) is 0 Å². The minimum absolute atomic E-state index is 0.113. The molecule has 8 heteroatoms. The summed E-state index contributed by atoms with van der Waals surface area (Å²) < 4.78 is 28.1. The maximum Gasteiger partial charge on any atom is 0.261 e. The van der Waals surface area contributed by atoms with Crippen molar-refractivity contribution in [2.45, 2.75) is 30.9 Å². The van der Waals surface area contributed by atoms with Gasteiger partial charge >= 0.3 is 0 Å². The third-order valence-electron chi connectivity index (χ3n) is 4.62. The van der Waals surface area contributed by atoms with Crippen LogP contribution in [-0.2, 0) is 20.6 Å². The molecule has 162 valence electrons. The minimum Gasteiger partial charge on any atom is -0.326 e. The Balaban J connectivity index is 1.52. The van der Waals surface area contributed by atoms with E-state index in [-0.39, 0.29) is 10.8 Å². The van der Waals surface area contributed by atoms with Crippen LogP contribution in [0.2, 0.25) is 0 Å². The molecule has 0 bridgehead atoms. The van der Waals surface area contributed by atoms with Gasteiger partial charge in [0.15, 0.2) is 0 Å². The molecule has 31 heavy (non-hydrogen) atoms. The summed E-state index contributed by atoms with van der Waals surface area (Å²) >= 11 is 1.64. The molecule has 0 unspecified atom stereocenters. The number of anilines is 2. The van der Waals surface area contributed by atoms with Gasteiger partial charge in [-0.05, 0) is 61.4 Å². The fourth-order valence-electron chi connectivity index (χ4n) is 2.93. The Hall–Kier alpha value is -2.84. The van der Waals surface area contributed by atoms with Crippen LogP contribution in [0.4, 0.5) is 11.4 Å². The van der Waals surface area contributed by atoms with E-state index in [0.29, 0.717) is 23.5 Å². The molecule has 0 aliphatic rings. The number of hydrogen-bond acceptors (Lipinski definition) is 5. The average molecular weight is 456 g/mol. The number of rotatable bonds is 9. The molecule has 0 fully saturated rings. The van der Waals surface area contributed by atoms with E-state index in [4.69, 9.17) is 0 Å². The monoisotopic (exact) mass is 455 g/mol. The van der Waals surface area contributed by atoms with Crippen molar-refractivity contribution in [1.82, 2.24) is 4.98 Å². The first-order chi connectivity index (χ1) is 14.8. The normalized spacial score (nSPS) is 11.2. The van der Waals surface area contributed by atoms with Gasteiger partial charge in [-0.2, -0.15) is 11.8 Å². The molecule has 1 aromatic heterocycles. The standard InChI is InChI=1S/C23H25N3O3S2/c1-17-6-5-7-18(2)23(17)26-31(28,29)21-11-9-19(10-12-21)25-22(27)13-15-30-16-20-8-3-4-14-24-20/h3-12,14,26H,13,15-16H2,1-2H3,(H,25,27). The van der Waals surface area contributed by atoms with Crippen molar-refractivity contribution in [3.8, 4) is 0 Å². The van der Waals surface area contributed by atoms with Crippen molar-refractivity contribution in [1.29, 1.82) is 0 Å². The Bertz CT molecular complexity index is 1110. The predicted molar refractivity (Wildman–Crippen MR) is 127 cm³/mol.